The van der Waals surface area contributed by atoms with Crippen LogP contribution >= 0.6 is 0 Å². The largest absolute Gasteiger partial charge is 0.342 e. The molecule has 108 valence electrons. The lowest BCUT2D eigenvalue weighted by Gasteiger charge is -2.27. The summed E-state index contributed by atoms with van der Waals surface area (Å²) in [6.07, 6.45) is 7.69. The van der Waals surface area contributed by atoms with Gasteiger partial charge < -0.3 is 10.2 Å². The van der Waals surface area contributed by atoms with Gasteiger partial charge in [0.15, 0.2) is 0 Å². The molecule has 1 atom stereocenters. The zero-order chi connectivity index (χ0) is 13.1. The van der Waals surface area contributed by atoms with Crippen LogP contribution in [0.5, 0.6) is 0 Å². The number of amides is 1. The molecule has 4 heteroatoms. The summed E-state index contributed by atoms with van der Waals surface area (Å²) in [5, 5.41) is 3.56. The first-order chi connectivity index (χ1) is 9.31. The minimum Gasteiger partial charge on any atom is -0.342 e. The number of hydrogen-bond acceptors (Lipinski definition) is 3. The van der Waals surface area contributed by atoms with Crippen LogP contribution < -0.4 is 5.32 Å². The second-order valence-corrected chi connectivity index (χ2v) is 6.52. The van der Waals surface area contributed by atoms with Gasteiger partial charge in [-0.1, -0.05) is 0 Å². The highest BCUT2D eigenvalue weighted by molar-refractivity contribution is 5.78. The zero-order valence-electron chi connectivity index (χ0n) is 11.9. The van der Waals surface area contributed by atoms with Gasteiger partial charge in [0.05, 0.1) is 6.54 Å². The Hall–Kier alpha value is -0.610. The van der Waals surface area contributed by atoms with Crippen LogP contribution in [0.15, 0.2) is 0 Å². The lowest BCUT2D eigenvalue weighted by molar-refractivity contribution is -0.131. The van der Waals surface area contributed by atoms with E-state index >= 15 is 0 Å². The number of carbonyl (C=O) groups is 1. The molecule has 19 heavy (non-hydrogen) atoms. The fourth-order valence-corrected chi connectivity index (χ4v) is 3.35. The second-order valence-electron chi connectivity index (χ2n) is 6.52. The molecule has 3 rings (SSSR count). The van der Waals surface area contributed by atoms with Gasteiger partial charge in [0.1, 0.15) is 0 Å². The van der Waals surface area contributed by atoms with Gasteiger partial charge in [0.25, 0.3) is 0 Å². The Morgan fingerprint density at radius 1 is 1.11 bits per heavy atom. The maximum atomic E-state index is 12.3. The van der Waals surface area contributed by atoms with Crippen LogP contribution in [-0.4, -0.2) is 61.0 Å². The molecule has 3 aliphatic rings. The minimum atomic E-state index is 0.358. The number of rotatable bonds is 6. The van der Waals surface area contributed by atoms with Gasteiger partial charge in [-0.25, -0.2) is 0 Å². The topological polar surface area (TPSA) is 35.6 Å². The van der Waals surface area contributed by atoms with Crippen molar-refractivity contribution < 1.29 is 4.79 Å². The molecule has 2 aliphatic heterocycles. The first-order valence-corrected chi connectivity index (χ1v) is 8.05. The van der Waals surface area contributed by atoms with E-state index in [9.17, 15) is 4.79 Å². The van der Waals surface area contributed by atoms with E-state index in [-0.39, 0.29) is 0 Å². The van der Waals surface area contributed by atoms with Crippen molar-refractivity contribution in [3.8, 4) is 0 Å². The molecule has 4 nitrogen and oxygen atoms in total. The van der Waals surface area contributed by atoms with Crippen LogP contribution in [0.3, 0.4) is 0 Å². The Balaban J connectivity index is 1.49. The molecule has 2 heterocycles. The third-order valence-corrected chi connectivity index (χ3v) is 4.67. The lowest BCUT2D eigenvalue weighted by Crippen LogP contribution is -2.44. The first kappa shape index (κ1) is 13.4. The van der Waals surface area contributed by atoms with E-state index in [1.165, 1.54) is 38.5 Å². The Morgan fingerprint density at radius 3 is 2.53 bits per heavy atom. The molecule has 2 saturated heterocycles. The van der Waals surface area contributed by atoms with Crippen LogP contribution in [0.2, 0.25) is 0 Å². The molecule has 1 unspecified atom stereocenters. The molecular weight excluding hydrogens is 238 g/mol. The molecule has 0 bridgehead atoms. The van der Waals surface area contributed by atoms with Gasteiger partial charge >= 0.3 is 0 Å². The third-order valence-electron chi connectivity index (χ3n) is 4.67. The monoisotopic (exact) mass is 265 g/mol. The fraction of sp³-hybridized carbons (Fsp3) is 0.933. The van der Waals surface area contributed by atoms with Gasteiger partial charge in [-0.15, -0.1) is 0 Å². The zero-order valence-corrected chi connectivity index (χ0v) is 11.9. The van der Waals surface area contributed by atoms with E-state index in [0.29, 0.717) is 18.5 Å². The summed E-state index contributed by atoms with van der Waals surface area (Å²) in [5.41, 5.74) is 0. The molecule has 0 aromatic rings. The van der Waals surface area contributed by atoms with Crippen LogP contribution in [0, 0.1) is 5.92 Å². The standard InChI is InChI=1S/C15H27N3O/c19-15(18-8-1-2-9-18)12-17(10-13-5-6-13)11-14-4-3-7-16-14/h13-14,16H,1-12H2. The van der Waals surface area contributed by atoms with Crippen molar-refractivity contribution in [3.63, 3.8) is 0 Å². The molecular formula is C15H27N3O. The summed E-state index contributed by atoms with van der Waals surface area (Å²) in [5.74, 6) is 1.23. The van der Waals surface area contributed by atoms with Crippen molar-refractivity contribution in [2.45, 2.75) is 44.6 Å². The number of nitrogens with zero attached hydrogens (tertiary/aromatic N) is 2. The third kappa shape index (κ3) is 3.93. The van der Waals surface area contributed by atoms with Crippen LogP contribution in [0.4, 0.5) is 0 Å². The Morgan fingerprint density at radius 2 is 1.89 bits per heavy atom. The highest BCUT2D eigenvalue weighted by atomic mass is 16.2. The maximum Gasteiger partial charge on any atom is 0.236 e. The predicted molar refractivity (Wildman–Crippen MR) is 76.0 cm³/mol. The SMILES string of the molecule is O=C(CN(CC1CC1)CC1CCCN1)N1CCCC1. The summed E-state index contributed by atoms with van der Waals surface area (Å²) in [7, 11) is 0. The Bertz CT molecular complexity index is 305. The number of carbonyl (C=O) groups excluding carboxylic acids is 1. The summed E-state index contributed by atoms with van der Waals surface area (Å²) in [6, 6.07) is 0.616. The first-order valence-electron chi connectivity index (χ1n) is 8.05. The lowest BCUT2D eigenvalue weighted by atomic mass is 10.2. The van der Waals surface area contributed by atoms with Crippen molar-refractivity contribution in [3.05, 3.63) is 0 Å². The van der Waals surface area contributed by atoms with Crippen molar-refractivity contribution in [1.82, 2.24) is 15.1 Å². The van der Waals surface area contributed by atoms with E-state index in [4.69, 9.17) is 0 Å². The van der Waals surface area contributed by atoms with Gasteiger partial charge in [0.2, 0.25) is 5.91 Å². The van der Waals surface area contributed by atoms with Crippen molar-refractivity contribution >= 4 is 5.91 Å². The summed E-state index contributed by atoms with van der Waals surface area (Å²) >= 11 is 0. The van der Waals surface area contributed by atoms with Crippen LogP contribution in [0.1, 0.15) is 38.5 Å². The molecule has 1 saturated carbocycles. The number of nitrogens with one attached hydrogen (secondary N) is 1. The van der Waals surface area contributed by atoms with Crippen molar-refractivity contribution in [2.75, 3.05) is 39.3 Å². The summed E-state index contributed by atoms with van der Waals surface area (Å²) in [4.78, 5) is 16.8. The maximum absolute atomic E-state index is 12.3. The van der Waals surface area contributed by atoms with E-state index in [1.54, 1.807) is 0 Å². The summed E-state index contributed by atoms with van der Waals surface area (Å²) < 4.78 is 0. The molecule has 1 N–H and O–H groups in total. The fourth-order valence-electron chi connectivity index (χ4n) is 3.35. The predicted octanol–water partition coefficient (Wildman–Crippen LogP) is 1.07. The summed E-state index contributed by atoms with van der Waals surface area (Å²) in [6.45, 7) is 5.97. The van der Waals surface area contributed by atoms with E-state index in [2.05, 4.69) is 15.1 Å². The van der Waals surface area contributed by atoms with Crippen molar-refractivity contribution in [2.24, 2.45) is 5.92 Å². The van der Waals surface area contributed by atoms with Gasteiger partial charge in [0, 0.05) is 32.2 Å². The quantitative estimate of drug-likeness (QED) is 0.780. The van der Waals surface area contributed by atoms with Crippen LogP contribution in [0.25, 0.3) is 0 Å². The average Bonchev–Trinajstić information content (AvgIpc) is 2.88. The van der Waals surface area contributed by atoms with E-state index < -0.39 is 0 Å². The highest BCUT2D eigenvalue weighted by Crippen LogP contribution is 2.30. The molecule has 3 fully saturated rings. The molecule has 0 spiro atoms. The molecule has 0 aromatic carbocycles. The van der Waals surface area contributed by atoms with Crippen molar-refractivity contribution in [1.29, 1.82) is 0 Å². The van der Waals surface area contributed by atoms with Gasteiger partial charge in [-0.2, -0.15) is 0 Å². The number of likely N-dealkylation sites (tertiary alicyclic amines) is 1. The average molecular weight is 265 g/mol. The number of hydrogen-bond donors (Lipinski definition) is 1. The van der Waals surface area contributed by atoms with Gasteiger partial charge in [-0.3, -0.25) is 9.69 Å². The Labute approximate surface area is 116 Å². The molecule has 1 amide bonds. The Kier molecular flexibility index (Phi) is 4.38. The van der Waals surface area contributed by atoms with Crippen LogP contribution in [-0.2, 0) is 4.79 Å². The minimum absolute atomic E-state index is 0.358. The highest BCUT2D eigenvalue weighted by Gasteiger charge is 2.29. The molecule has 0 aromatic heterocycles. The second kappa shape index (κ2) is 6.23. The molecule has 1 aliphatic carbocycles. The smallest absolute Gasteiger partial charge is 0.236 e. The normalized spacial score (nSPS) is 27.4. The molecule has 0 radical (unpaired) electrons. The van der Waals surface area contributed by atoms with E-state index in [1.807, 2.05) is 0 Å². The van der Waals surface area contributed by atoms with Gasteiger partial charge in [-0.05, 0) is 51.0 Å². The van der Waals surface area contributed by atoms with E-state index in [0.717, 1.165) is 38.6 Å².